The molecule has 0 fully saturated rings. The second-order valence-electron chi connectivity index (χ2n) is 6.26. The van der Waals surface area contributed by atoms with Gasteiger partial charge in [-0.25, -0.2) is 4.98 Å². The number of nitrogens with one attached hydrogen (secondary N) is 1. The lowest BCUT2D eigenvalue weighted by Crippen LogP contribution is -2.58. The third-order valence-electron chi connectivity index (χ3n) is 3.57. The average Bonchev–Trinajstić information content (AvgIpc) is 2.67. The Morgan fingerprint density at radius 1 is 1.28 bits per heavy atom. The average molecular weight is 269 g/mol. The van der Waals surface area contributed by atoms with Gasteiger partial charge in [-0.05, 0) is 41.5 Å². The largest absolute Gasteiger partial charge is 0.344 e. The van der Waals surface area contributed by atoms with Crippen molar-refractivity contribution in [3.63, 3.8) is 0 Å². The van der Waals surface area contributed by atoms with Gasteiger partial charge in [-0.3, -0.25) is 4.79 Å². The van der Waals surface area contributed by atoms with E-state index in [1.165, 1.54) is 11.3 Å². The summed E-state index contributed by atoms with van der Waals surface area (Å²) in [5.41, 5.74) is 4.36. The van der Waals surface area contributed by atoms with Crippen LogP contribution in [0.1, 0.15) is 46.6 Å². The summed E-state index contributed by atoms with van der Waals surface area (Å²) in [4.78, 5) is 16.7. The number of nitrogens with zero attached hydrogens (tertiary/aromatic N) is 1. The summed E-state index contributed by atoms with van der Waals surface area (Å²) in [7, 11) is 0. The van der Waals surface area contributed by atoms with E-state index in [4.69, 9.17) is 5.73 Å². The monoisotopic (exact) mass is 269 g/mol. The summed E-state index contributed by atoms with van der Waals surface area (Å²) in [6.45, 7) is 11.3. The summed E-state index contributed by atoms with van der Waals surface area (Å²) in [6.07, 6.45) is 1.74. The molecule has 0 saturated heterocycles. The van der Waals surface area contributed by atoms with Crippen molar-refractivity contribution in [2.45, 2.75) is 52.6 Å². The van der Waals surface area contributed by atoms with Gasteiger partial charge in [-0.2, -0.15) is 0 Å². The van der Waals surface area contributed by atoms with Gasteiger partial charge < -0.3 is 11.1 Å². The molecule has 4 nitrogen and oxygen atoms in total. The minimum Gasteiger partial charge on any atom is -0.344 e. The number of carbonyl (C=O) groups excluding carboxylic acids is 1. The van der Waals surface area contributed by atoms with Gasteiger partial charge in [-0.1, -0.05) is 0 Å². The van der Waals surface area contributed by atoms with E-state index in [0.29, 0.717) is 0 Å². The Morgan fingerprint density at radius 2 is 1.83 bits per heavy atom. The van der Waals surface area contributed by atoms with Crippen LogP contribution in [0.15, 0.2) is 11.6 Å². The van der Waals surface area contributed by atoms with Crippen LogP contribution in [0.2, 0.25) is 0 Å². The van der Waals surface area contributed by atoms with Gasteiger partial charge in [-0.15, -0.1) is 11.3 Å². The molecule has 0 bridgehead atoms. The molecule has 0 saturated carbocycles. The number of nitrogens with two attached hydrogens (primary N) is 1. The molecule has 1 rings (SSSR count). The Bertz CT molecular complexity index is 416. The lowest BCUT2D eigenvalue weighted by molar-refractivity contribution is -0.134. The number of hydrogen-bond acceptors (Lipinski definition) is 4. The number of carbonyl (C=O) groups is 1. The van der Waals surface area contributed by atoms with Gasteiger partial charge in [0.05, 0.1) is 11.0 Å². The van der Waals surface area contributed by atoms with E-state index < -0.39 is 16.5 Å². The molecule has 0 atom stereocenters. The zero-order chi connectivity index (χ0) is 14.2. The molecule has 0 unspecified atom stereocenters. The van der Waals surface area contributed by atoms with E-state index in [9.17, 15) is 4.79 Å². The van der Waals surface area contributed by atoms with E-state index in [1.54, 1.807) is 6.20 Å². The number of aromatic nitrogens is 1. The number of hydrogen-bond donors (Lipinski definition) is 2. The van der Waals surface area contributed by atoms with Gasteiger partial charge in [0.15, 0.2) is 0 Å². The maximum atomic E-state index is 12.4. The van der Waals surface area contributed by atoms with Crippen LogP contribution < -0.4 is 11.1 Å². The Hall–Kier alpha value is -0.940. The highest BCUT2D eigenvalue weighted by Crippen LogP contribution is 2.31. The van der Waals surface area contributed by atoms with E-state index >= 15 is 0 Å². The highest BCUT2D eigenvalue weighted by atomic mass is 32.1. The van der Waals surface area contributed by atoms with Crippen molar-refractivity contribution in [3.05, 3.63) is 16.6 Å². The molecule has 0 aromatic carbocycles. The third kappa shape index (κ3) is 2.90. The van der Waals surface area contributed by atoms with E-state index in [1.807, 2.05) is 46.9 Å². The number of thiazole rings is 1. The Morgan fingerprint density at radius 3 is 2.22 bits per heavy atom. The van der Waals surface area contributed by atoms with Crippen molar-refractivity contribution in [2.75, 3.05) is 0 Å². The van der Waals surface area contributed by atoms with Crippen molar-refractivity contribution >= 4 is 17.2 Å². The molecule has 1 aromatic rings. The molecule has 1 amide bonds. The van der Waals surface area contributed by atoms with Crippen LogP contribution in [-0.2, 0) is 10.3 Å². The van der Waals surface area contributed by atoms with Gasteiger partial charge in [0, 0.05) is 17.1 Å². The predicted octanol–water partition coefficient (Wildman–Crippen LogP) is 2.26. The Kier molecular flexibility index (Phi) is 3.89. The first-order chi connectivity index (χ1) is 7.98. The lowest BCUT2D eigenvalue weighted by Gasteiger charge is -2.39. The quantitative estimate of drug-likeness (QED) is 0.881. The fraction of sp³-hybridized carbons (Fsp3) is 0.692. The molecule has 0 radical (unpaired) electrons. The Balaban J connectivity index is 2.89. The molecule has 0 aliphatic carbocycles. The van der Waals surface area contributed by atoms with Crippen molar-refractivity contribution in [3.8, 4) is 0 Å². The van der Waals surface area contributed by atoms with Gasteiger partial charge in [0.2, 0.25) is 5.91 Å². The van der Waals surface area contributed by atoms with Gasteiger partial charge >= 0.3 is 0 Å². The highest BCUT2D eigenvalue weighted by molar-refractivity contribution is 7.09. The second-order valence-corrected chi connectivity index (χ2v) is 7.16. The topological polar surface area (TPSA) is 68.0 Å². The molecular formula is C13H23N3OS. The van der Waals surface area contributed by atoms with E-state index in [-0.39, 0.29) is 5.91 Å². The maximum Gasteiger partial charge on any atom is 0.228 e. The molecule has 0 spiro atoms. The third-order valence-corrected chi connectivity index (χ3v) is 4.67. The van der Waals surface area contributed by atoms with Crippen LogP contribution in [0.4, 0.5) is 0 Å². The van der Waals surface area contributed by atoms with Gasteiger partial charge in [0.25, 0.3) is 0 Å². The summed E-state index contributed by atoms with van der Waals surface area (Å²) in [6, 6.07) is 0. The first kappa shape index (κ1) is 15.1. The smallest absolute Gasteiger partial charge is 0.228 e. The van der Waals surface area contributed by atoms with Crippen LogP contribution in [0.25, 0.3) is 0 Å². The molecule has 1 heterocycles. The standard InChI is InChI=1S/C13H23N3OS/c1-11(2,13(5,6)14)9(17)16-12(3,4)10-15-7-8-18-10/h7-8H,14H2,1-6H3,(H,16,17). The molecule has 0 aliphatic heterocycles. The maximum absolute atomic E-state index is 12.4. The summed E-state index contributed by atoms with van der Waals surface area (Å²) >= 11 is 1.53. The van der Waals surface area contributed by atoms with Crippen molar-refractivity contribution in [1.29, 1.82) is 0 Å². The van der Waals surface area contributed by atoms with Crippen LogP contribution in [0.3, 0.4) is 0 Å². The minimum absolute atomic E-state index is 0.0600. The van der Waals surface area contributed by atoms with Crippen molar-refractivity contribution in [2.24, 2.45) is 11.1 Å². The second kappa shape index (κ2) is 4.63. The summed E-state index contributed by atoms with van der Waals surface area (Å²) < 4.78 is 0. The SMILES string of the molecule is CC(C)(NC(=O)C(C)(C)C(C)(C)N)c1nccs1. The van der Waals surface area contributed by atoms with Crippen molar-refractivity contribution in [1.82, 2.24) is 10.3 Å². The Labute approximate surface area is 113 Å². The first-order valence-corrected chi connectivity index (χ1v) is 6.88. The molecule has 3 N–H and O–H groups in total. The molecule has 0 aliphatic rings. The molecule has 1 aromatic heterocycles. The molecule has 5 heteroatoms. The first-order valence-electron chi connectivity index (χ1n) is 6.00. The summed E-state index contributed by atoms with van der Waals surface area (Å²) in [5, 5.41) is 5.83. The zero-order valence-electron chi connectivity index (χ0n) is 12.0. The summed E-state index contributed by atoms with van der Waals surface area (Å²) in [5.74, 6) is -0.0600. The van der Waals surface area contributed by atoms with Crippen LogP contribution in [0, 0.1) is 5.41 Å². The van der Waals surface area contributed by atoms with Crippen LogP contribution in [-0.4, -0.2) is 16.4 Å². The molecular weight excluding hydrogens is 246 g/mol. The van der Waals surface area contributed by atoms with E-state index in [0.717, 1.165) is 5.01 Å². The number of amides is 1. The fourth-order valence-corrected chi connectivity index (χ4v) is 2.04. The minimum atomic E-state index is -0.651. The number of rotatable bonds is 4. The predicted molar refractivity (Wildman–Crippen MR) is 75.3 cm³/mol. The van der Waals surface area contributed by atoms with Gasteiger partial charge in [0.1, 0.15) is 5.01 Å². The van der Waals surface area contributed by atoms with Crippen molar-refractivity contribution < 1.29 is 4.79 Å². The normalized spacial score (nSPS) is 13.5. The van der Waals surface area contributed by atoms with Crippen LogP contribution >= 0.6 is 11.3 Å². The zero-order valence-corrected chi connectivity index (χ0v) is 12.8. The van der Waals surface area contributed by atoms with Crippen LogP contribution in [0.5, 0.6) is 0 Å². The molecule has 18 heavy (non-hydrogen) atoms. The molecule has 102 valence electrons. The highest BCUT2D eigenvalue weighted by Gasteiger charge is 2.42. The lowest BCUT2D eigenvalue weighted by atomic mass is 9.74. The fourth-order valence-electron chi connectivity index (χ4n) is 1.32. The van der Waals surface area contributed by atoms with E-state index in [2.05, 4.69) is 10.3 Å².